The standard InChI is InChI=1S/C24H24FN3O3/c1-15(2)12-13-27-22(17-6-10-19(31-3)11-7-17)24(30)28-21(23(27)29)14-20(26-28)16-4-8-18(25)9-5-16/h4-11,14-15,22H,12-13H2,1-3H3. The van der Waals surface area contributed by atoms with Crippen LogP contribution in [0.15, 0.2) is 54.6 Å². The van der Waals surface area contributed by atoms with Crippen LogP contribution in [-0.4, -0.2) is 40.1 Å². The van der Waals surface area contributed by atoms with E-state index in [9.17, 15) is 14.0 Å². The zero-order chi connectivity index (χ0) is 22.1. The van der Waals surface area contributed by atoms with Crippen molar-refractivity contribution in [1.82, 2.24) is 14.7 Å². The van der Waals surface area contributed by atoms with Gasteiger partial charge < -0.3 is 9.64 Å². The number of aromatic nitrogens is 2. The van der Waals surface area contributed by atoms with E-state index in [2.05, 4.69) is 18.9 Å². The van der Waals surface area contributed by atoms with Crippen molar-refractivity contribution in [2.45, 2.75) is 26.3 Å². The van der Waals surface area contributed by atoms with Crippen LogP contribution in [0.1, 0.15) is 47.2 Å². The molecule has 0 aliphatic carbocycles. The highest BCUT2D eigenvalue weighted by Crippen LogP contribution is 2.33. The van der Waals surface area contributed by atoms with E-state index in [-0.39, 0.29) is 23.3 Å². The molecule has 3 aromatic rings. The van der Waals surface area contributed by atoms with E-state index in [0.717, 1.165) is 6.42 Å². The number of hydrogen-bond acceptors (Lipinski definition) is 4. The minimum absolute atomic E-state index is 0.220. The van der Waals surface area contributed by atoms with Crippen LogP contribution in [0.2, 0.25) is 0 Å². The third-order valence-corrected chi connectivity index (χ3v) is 5.46. The third kappa shape index (κ3) is 3.95. The minimum atomic E-state index is -0.773. The number of benzene rings is 2. The molecule has 7 heteroatoms. The van der Waals surface area contributed by atoms with Gasteiger partial charge in [-0.2, -0.15) is 9.78 Å². The molecule has 1 amide bonds. The van der Waals surface area contributed by atoms with E-state index in [1.165, 1.54) is 16.8 Å². The molecule has 1 aliphatic rings. The third-order valence-electron chi connectivity index (χ3n) is 5.46. The molecular weight excluding hydrogens is 397 g/mol. The van der Waals surface area contributed by atoms with Gasteiger partial charge in [0, 0.05) is 12.1 Å². The number of carbonyl (C=O) groups is 2. The van der Waals surface area contributed by atoms with Crippen LogP contribution >= 0.6 is 0 Å². The van der Waals surface area contributed by atoms with Crippen LogP contribution in [0.5, 0.6) is 5.75 Å². The summed E-state index contributed by atoms with van der Waals surface area (Å²) in [5, 5.41) is 4.39. The Hall–Kier alpha value is -3.48. The molecule has 0 spiro atoms. The predicted molar refractivity (Wildman–Crippen MR) is 114 cm³/mol. The SMILES string of the molecule is COc1ccc(C2C(=O)n3nc(-c4ccc(F)cc4)cc3C(=O)N2CCC(C)C)cc1. The first kappa shape index (κ1) is 20.8. The summed E-state index contributed by atoms with van der Waals surface area (Å²) < 4.78 is 19.7. The van der Waals surface area contributed by atoms with Crippen molar-refractivity contribution in [3.8, 4) is 17.0 Å². The number of amides is 1. The minimum Gasteiger partial charge on any atom is -0.497 e. The van der Waals surface area contributed by atoms with E-state index in [1.54, 1.807) is 54.5 Å². The number of hydrogen-bond donors (Lipinski definition) is 0. The topological polar surface area (TPSA) is 64.4 Å². The van der Waals surface area contributed by atoms with Crippen molar-refractivity contribution >= 4 is 11.8 Å². The molecule has 2 aromatic carbocycles. The summed E-state index contributed by atoms with van der Waals surface area (Å²) in [5.41, 5.74) is 2.01. The molecule has 0 saturated heterocycles. The smallest absolute Gasteiger partial charge is 0.275 e. The molecule has 0 bridgehead atoms. The Kier molecular flexibility index (Phi) is 5.59. The molecule has 31 heavy (non-hydrogen) atoms. The van der Waals surface area contributed by atoms with E-state index in [1.807, 2.05) is 0 Å². The Morgan fingerprint density at radius 1 is 1.06 bits per heavy atom. The molecule has 6 nitrogen and oxygen atoms in total. The Bertz CT molecular complexity index is 1100. The molecule has 1 unspecified atom stereocenters. The first-order chi connectivity index (χ1) is 14.9. The fraction of sp³-hybridized carbons (Fsp3) is 0.292. The van der Waals surface area contributed by atoms with Gasteiger partial charge in [-0.15, -0.1) is 0 Å². The number of ether oxygens (including phenoxy) is 1. The maximum atomic E-state index is 13.5. The van der Waals surface area contributed by atoms with E-state index in [4.69, 9.17) is 4.74 Å². The van der Waals surface area contributed by atoms with Crippen molar-refractivity contribution < 1.29 is 18.7 Å². The fourth-order valence-corrected chi connectivity index (χ4v) is 3.71. The fourth-order valence-electron chi connectivity index (χ4n) is 3.71. The number of fused-ring (bicyclic) bond motifs is 1. The normalized spacial score (nSPS) is 16.0. The largest absolute Gasteiger partial charge is 0.497 e. The summed E-state index contributed by atoms with van der Waals surface area (Å²) in [7, 11) is 1.58. The first-order valence-corrected chi connectivity index (χ1v) is 10.2. The highest BCUT2D eigenvalue weighted by atomic mass is 19.1. The maximum Gasteiger partial charge on any atom is 0.275 e. The van der Waals surface area contributed by atoms with Crippen LogP contribution in [0.3, 0.4) is 0 Å². The number of nitrogens with zero attached hydrogens (tertiary/aromatic N) is 3. The first-order valence-electron chi connectivity index (χ1n) is 10.2. The average Bonchev–Trinajstić information content (AvgIpc) is 3.22. The second-order valence-electron chi connectivity index (χ2n) is 8.03. The van der Waals surface area contributed by atoms with Crippen LogP contribution in [0.4, 0.5) is 4.39 Å². The van der Waals surface area contributed by atoms with Gasteiger partial charge in [-0.1, -0.05) is 26.0 Å². The zero-order valence-corrected chi connectivity index (χ0v) is 17.7. The molecule has 1 atom stereocenters. The lowest BCUT2D eigenvalue weighted by Gasteiger charge is -2.35. The highest BCUT2D eigenvalue weighted by molar-refractivity contribution is 6.05. The quantitative estimate of drug-likeness (QED) is 0.584. The van der Waals surface area contributed by atoms with Gasteiger partial charge >= 0.3 is 0 Å². The van der Waals surface area contributed by atoms with E-state index >= 15 is 0 Å². The van der Waals surface area contributed by atoms with Gasteiger partial charge in [0.2, 0.25) is 0 Å². The van der Waals surface area contributed by atoms with Crippen LogP contribution in [-0.2, 0) is 0 Å². The Morgan fingerprint density at radius 3 is 2.35 bits per heavy atom. The molecular formula is C24H24FN3O3. The van der Waals surface area contributed by atoms with Crippen molar-refractivity contribution in [3.63, 3.8) is 0 Å². The molecule has 1 aromatic heterocycles. The Balaban J connectivity index is 1.77. The number of rotatable bonds is 6. The van der Waals surface area contributed by atoms with Gasteiger partial charge in [0.05, 0.1) is 12.8 Å². The Labute approximate surface area is 180 Å². The second kappa shape index (κ2) is 8.34. The number of methoxy groups -OCH3 is 1. The van der Waals surface area contributed by atoms with Gasteiger partial charge in [-0.25, -0.2) is 4.39 Å². The van der Waals surface area contributed by atoms with Gasteiger partial charge in [0.25, 0.3) is 11.8 Å². The summed E-state index contributed by atoms with van der Waals surface area (Å²) >= 11 is 0. The summed E-state index contributed by atoms with van der Waals surface area (Å²) in [6.45, 7) is 4.61. The summed E-state index contributed by atoms with van der Waals surface area (Å²) in [4.78, 5) is 28.5. The van der Waals surface area contributed by atoms with Crippen LogP contribution in [0.25, 0.3) is 11.3 Å². The summed E-state index contributed by atoms with van der Waals surface area (Å²) in [6, 6.07) is 13.8. The van der Waals surface area contributed by atoms with E-state index in [0.29, 0.717) is 35.0 Å². The summed E-state index contributed by atoms with van der Waals surface area (Å²) in [6.07, 6.45) is 0.768. The van der Waals surface area contributed by atoms with Crippen molar-refractivity contribution in [1.29, 1.82) is 0 Å². The summed E-state index contributed by atoms with van der Waals surface area (Å²) in [5.74, 6) is 0.143. The van der Waals surface area contributed by atoms with Gasteiger partial charge in [-0.05, 0) is 60.4 Å². The highest BCUT2D eigenvalue weighted by Gasteiger charge is 2.41. The van der Waals surface area contributed by atoms with E-state index < -0.39 is 6.04 Å². The maximum absolute atomic E-state index is 13.5. The molecule has 0 radical (unpaired) electrons. The molecule has 2 heterocycles. The zero-order valence-electron chi connectivity index (χ0n) is 17.7. The predicted octanol–water partition coefficient (Wildman–Crippen LogP) is 4.58. The molecule has 0 saturated carbocycles. The lowest BCUT2D eigenvalue weighted by molar-refractivity contribution is 0.0479. The van der Waals surface area contributed by atoms with Crippen LogP contribution in [0, 0.1) is 11.7 Å². The molecule has 0 fully saturated rings. The number of halogens is 1. The van der Waals surface area contributed by atoms with Crippen molar-refractivity contribution in [3.05, 3.63) is 71.7 Å². The Morgan fingerprint density at radius 2 is 1.74 bits per heavy atom. The van der Waals surface area contributed by atoms with Crippen LogP contribution < -0.4 is 4.74 Å². The lowest BCUT2D eigenvalue weighted by atomic mass is 10.00. The van der Waals surface area contributed by atoms with Gasteiger partial charge in [0.1, 0.15) is 23.3 Å². The molecule has 4 rings (SSSR count). The monoisotopic (exact) mass is 421 g/mol. The molecule has 1 aliphatic heterocycles. The molecule has 160 valence electrons. The molecule has 0 N–H and O–H groups in total. The second-order valence-corrected chi connectivity index (χ2v) is 8.03. The van der Waals surface area contributed by atoms with Crippen molar-refractivity contribution in [2.75, 3.05) is 13.7 Å². The van der Waals surface area contributed by atoms with Gasteiger partial charge in [0.15, 0.2) is 0 Å². The average molecular weight is 421 g/mol. The number of carbonyl (C=O) groups excluding carboxylic acids is 2. The lowest BCUT2D eigenvalue weighted by Crippen LogP contribution is -2.47. The van der Waals surface area contributed by atoms with Gasteiger partial charge in [-0.3, -0.25) is 9.59 Å². The van der Waals surface area contributed by atoms with Crippen molar-refractivity contribution in [2.24, 2.45) is 5.92 Å².